The molecule has 2 heterocycles. The number of amides is 1. The van der Waals surface area contributed by atoms with Crippen molar-refractivity contribution in [3.05, 3.63) is 35.9 Å². The summed E-state index contributed by atoms with van der Waals surface area (Å²) in [5.41, 5.74) is 1.19. The lowest BCUT2D eigenvalue weighted by molar-refractivity contribution is -0.119. The minimum atomic E-state index is -0.00155. The van der Waals surface area contributed by atoms with Gasteiger partial charge in [0.25, 0.3) is 0 Å². The smallest absolute Gasteiger partial charge is 0.221 e. The SMILES string of the molecule is O=C1CC2(CCOC2)C(c2ccccc2)N1. The van der Waals surface area contributed by atoms with E-state index >= 15 is 0 Å². The lowest BCUT2D eigenvalue weighted by Crippen LogP contribution is -2.29. The third kappa shape index (κ3) is 1.43. The van der Waals surface area contributed by atoms with Crippen molar-refractivity contribution in [1.29, 1.82) is 0 Å². The first kappa shape index (κ1) is 9.85. The highest BCUT2D eigenvalue weighted by atomic mass is 16.5. The number of ether oxygens (including phenoxy) is 1. The molecule has 2 fully saturated rings. The van der Waals surface area contributed by atoms with Gasteiger partial charge in [-0.15, -0.1) is 0 Å². The molecule has 2 aliphatic heterocycles. The highest BCUT2D eigenvalue weighted by Crippen LogP contribution is 2.47. The van der Waals surface area contributed by atoms with Gasteiger partial charge in [0.2, 0.25) is 5.91 Å². The number of carbonyl (C=O) groups is 1. The zero-order valence-corrected chi connectivity index (χ0v) is 9.11. The highest BCUT2D eigenvalue weighted by molar-refractivity contribution is 5.80. The monoisotopic (exact) mass is 217 g/mol. The predicted molar refractivity (Wildman–Crippen MR) is 59.8 cm³/mol. The van der Waals surface area contributed by atoms with Crippen LogP contribution in [-0.2, 0) is 9.53 Å². The van der Waals surface area contributed by atoms with Crippen molar-refractivity contribution in [2.45, 2.75) is 18.9 Å². The van der Waals surface area contributed by atoms with Crippen molar-refractivity contribution in [2.24, 2.45) is 5.41 Å². The summed E-state index contributed by atoms with van der Waals surface area (Å²) in [6.45, 7) is 1.48. The molecule has 3 rings (SSSR count). The molecule has 1 spiro atoms. The van der Waals surface area contributed by atoms with Crippen molar-refractivity contribution in [1.82, 2.24) is 5.32 Å². The van der Waals surface area contributed by atoms with Crippen molar-refractivity contribution < 1.29 is 9.53 Å². The molecule has 84 valence electrons. The summed E-state index contributed by atoms with van der Waals surface area (Å²) >= 11 is 0. The van der Waals surface area contributed by atoms with Crippen LogP contribution in [0.25, 0.3) is 0 Å². The molecule has 0 aromatic heterocycles. The molecule has 3 heteroatoms. The first-order chi connectivity index (χ1) is 7.80. The van der Waals surface area contributed by atoms with Crippen LogP contribution in [0.4, 0.5) is 0 Å². The van der Waals surface area contributed by atoms with E-state index in [-0.39, 0.29) is 17.4 Å². The van der Waals surface area contributed by atoms with Crippen LogP contribution in [0.5, 0.6) is 0 Å². The fourth-order valence-corrected chi connectivity index (χ4v) is 2.86. The van der Waals surface area contributed by atoms with Gasteiger partial charge in [0.15, 0.2) is 0 Å². The second kappa shape index (κ2) is 3.59. The summed E-state index contributed by atoms with van der Waals surface area (Å²) in [6.07, 6.45) is 1.58. The van der Waals surface area contributed by atoms with E-state index in [1.54, 1.807) is 0 Å². The molecule has 2 unspecified atom stereocenters. The van der Waals surface area contributed by atoms with Crippen LogP contribution in [0.1, 0.15) is 24.4 Å². The maximum absolute atomic E-state index is 11.6. The molecule has 3 nitrogen and oxygen atoms in total. The van der Waals surface area contributed by atoms with Crippen molar-refractivity contribution in [3.8, 4) is 0 Å². The third-order valence-electron chi connectivity index (χ3n) is 3.70. The lowest BCUT2D eigenvalue weighted by atomic mass is 9.77. The maximum Gasteiger partial charge on any atom is 0.221 e. The van der Waals surface area contributed by atoms with Crippen LogP contribution in [-0.4, -0.2) is 19.1 Å². The van der Waals surface area contributed by atoms with E-state index in [9.17, 15) is 4.79 Å². The largest absolute Gasteiger partial charge is 0.381 e. The predicted octanol–water partition coefficient (Wildman–Crippen LogP) is 1.65. The second-order valence-electron chi connectivity index (χ2n) is 4.75. The van der Waals surface area contributed by atoms with E-state index in [0.717, 1.165) is 13.0 Å². The standard InChI is InChI=1S/C13H15NO2/c15-11-8-13(6-7-16-9-13)12(14-11)10-4-2-1-3-5-10/h1-5,12H,6-9H2,(H,14,15). The number of hydrogen-bond donors (Lipinski definition) is 1. The Hall–Kier alpha value is -1.35. The Morgan fingerprint density at radius 2 is 2.12 bits per heavy atom. The van der Waals surface area contributed by atoms with Gasteiger partial charge in [-0.3, -0.25) is 4.79 Å². The minimum Gasteiger partial charge on any atom is -0.381 e. The maximum atomic E-state index is 11.6. The lowest BCUT2D eigenvalue weighted by Gasteiger charge is -2.28. The van der Waals surface area contributed by atoms with E-state index in [1.165, 1.54) is 5.56 Å². The van der Waals surface area contributed by atoms with E-state index in [2.05, 4.69) is 17.4 Å². The summed E-state index contributed by atoms with van der Waals surface area (Å²) < 4.78 is 5.49. The molecule has 1 aromatic carbocycles. The van der Waals surface area contributed by atoms with Crippen LogP contribution < -0.4 is 5.32 Å². The summed E-state index contributed by atoms with van der Waals surface area (Å²) in [5, 5.41) is 3.08. The first-order valence-corrected chi connectivity index (χ1v) is 5.72. The Morgan fingerprint density at radius 3 is 2.81 bits per heavy atom. The van der Waals surface area contributed by atoms with Gasteiger partial charge in [-0.25, -0.2) is 0 Å². The van der Waals surface area contributed by atoms with Gasteiger partial charge in [-0.1, -0.05) is 30.3 Å². The molecule has 2 aliphatic rings. The van der Waals surface area contributed by atoms with Crippen LogP contribution in [0.2, 0.25) is 0 Å². The first-order valence-electron chi connectivity index (χ1n) is 5.72. The molecule has 1 aromatic rings. The minimum absolute atomic E-state index is 0.00155. The Labute approximate surface area is 94.8 Å². The summed E-state index contributed by atoms with van der Waals surface area (Å²) in [4.78, 5) is 11.6. The molecular weight excluding hydrogens is 202 g/mol. The Bertz CT molecular complexity index is 396. The van der Waals surface area contributed by atoms with E-state index < -0.39 is 0 Å². The number of rotatable bonds is 1. The molecular formula is C13H15NO2. The number of benzene rings is 1. The Morgan fingerprint density at radius 1 is 1.31 bits per heavy atom. The van der Waals surface area contributed by atoms with E-state index in [0.29, 0.717) is 13.0 Å². The fraction of sp³-hybridized carbons (Fsp3) is 0.462. The molecule has 1 N–H and O–H groups in total. The van der Waals surface area contributed by atoms with E-state index in [1.807, 2.05) is 18.2 Å². The molecule has 0 radical (unpaired) electrons. The van der Waals surface area contributed by atoms with Crippen LogP contribution in [0.15, 0.2) is 30.3 Å². The fourth-order valence-electron chi connectivity index (χ4n) is 2.86. The second-order valence-corrected chi connectivity index (χ2v) is 4.75. The summed E-state index contributed by atoms with van der Waals surface area (Å²) in [5.74, 6) is 0.152. The van der Waals surface area contributed by atoms with Gasteiger partial charge in [0.05, 0.1) is 12.6 Å². The van der Waals surface area contributed by atoms with Gasteiger partial charge in [-0.05, 0) is 12.0 Å². The molecule has 0 aliphatic carbocycles. The zero-order chi connectivity index (χ0) is 11.0. The van der Waals surface area contributed by atoms with Gasteiger partial charge < -0.3 is 10.1 Å². The van der Waals surface area contributed by atoms with Crippen LogP contribution in [0, 0.1) is 5.41 Å². The topological polar surface area (TPSA) is 38.3 Å². The molecule has 0 bridgehead atoms. The zero-order valence-electron chi connectivity index (χ0n) is 9.11. The number of nitrogens with one attached hydrogen (secondary N) is 1. The van der Waals surface area contributed by atoms with Gasteiger partial charge in [0.1, 0.15) is 0 Å². The van der Waals surface area contributed by atoms with Gasteiger partial charge in [-0.2, -0.15) is 0 Å². The Balaban J connectivity index is 1.96. The molecule has 2 saturated heterocycles. The average molecular weight is 217 g/mol. The average Bonchev–Trinajstić information content (AvgIpc) is 2.89. The normalized spacial score (nSPS) is 33.2. The molecule has 2 atom stereocenters. The summed E-state index contributed by atoms with van der Waals surface area (Å²) in [6, 6.07) is 10.3. The van der Waals surface area contributed by atoms with Crippen molar-refractivity contribution in [2.75, 3.05) is 13.2 Å². The highest BCUT2D eigenvalue weighted by Gasteiger charge is 2.49. The molecule has 16 heavy (non-hydrogen) atoms. The van der Waals surface area contributed by atoms with Crippen LogP contribution >= 0.6 is 0 Å². The summed E-state index contributed by atoms with van der Waals surface area (Å²) in [7, 11) is 0. The van der Waals surface area contributed by atoms with Crippen molar-refractivity contribution >= 4 is 5.91 Å². The molecule has 1 amide bonds. The van der Waals surface area contributed by atoms with Gasteiger partial charge in [0, 0.05) is 18.4 Å². The number of hydrogen-bond acceptors (Lipinski definition) is 2. The third-order valence-corrected chi connectivity index (χ3v) is 3.70. The quantitative estimate of drug-likeness (QED) is 0.776. The number of carbonyl (C=O) groups excluding carboxylic acids is 1. The van der Waals surface area contributed by atoms with Crippen LogP contribution in [0.3, 0.4) is 0 Å². The Kier molecular flexibility index (Phi) is 2.21. The van der Waals surface area contributed by atoms with E-state index in [4.69, 9.17) is 4.74 Å². The van der Waals surface area contributed by atoms with Crippen molar-refractivity contribution in [3.63, 3.8) is 0 Å². The van der Waals surface area contributed by atoms with Gasteiger partial charge >= 0.3 is 0 Å². The molecule has 0 saturated carbocycles.